The molecule has 2 aliphatic heterocycles. The predicted molar refractivity (Wildman–Crippen MR) is 97.7 cm³/mol. The van der Waals surface area contributed by atoms with E-state index < -0.39 is 0 Å². The first kappa shape index (κ1) is 14.3. The molecule has 0 radical (unpaired) electrons. The molecule has 23 heavy (non-hydrogen) atoms. The monoisotopic (exact) mass is 305 g/mol. The normalized spacial score (nSPS) is 16.5. The number of para-hydroxylation sites is 1. The standard InChI is InChI=1S/C20H23N3/c1-22(19-9-3-2-4-10-19)21-15-16-13-17-7-5-11-23-12-6-8-18(14-16)20(17)23/h2-4,9-10,13-15H,5-8,11-12H2,1H3/b21-15+. The maximum absolute atomic E-state index is 4.62. The molecule has 0 saturated carbocycles. The second-order valence-corrected chi connectivity index (χ2v) is 6.49. The largest absolute Gasteiger partial charge is 0.371 e. The van der Waals surface area contributed by atoms with Crippen LogP contribution in [0.3, 0.4) is 0 Å². The first-order chi connectivity index (χ1) is 11.3. The highest BCUT2D eigenvalue weighted by atomic mass is 15.4. The Morgan fingerprint density at radius 2 is 1.65 bits per heavy atom. The molecule has 0 amide bonds. The van der Waals surface area contributed by atoms with E-state index in [2.05, 4.69) is 34.3 Å². The average Bonchev–Trinajstić information content (AvgIpc) is 2.61. The quantitative estimate of drug-likeness (QED) is 0.633. The smallest absolute Gasteiger partial charge is 0.0590 e. The summed E-state index contributed by atoms with van der Waals surface area (Å²) in [5.74, 6) is 0. The molecule has 3 heteroatoms. The van der Waals surface area contributed by atoms with E-state index in [1.54, 1.807) is 0 Å². The van der Waals surface area contributed by atoms with Gasteiger partial charge in [-0.25, -0.2) is 0 Å². The Bertz CT molecular complexity index is 690. The molecule has 0 fully saturated rings. The number of aryl methyl sites for hydroxylation is 2. The van der Waals surface area contributed by atoms with E-state index in [1.165, 1.54) is 61.2 Å². The van der Waals surface area contributed by atoms with Gasteiger partial charge in [0, 0.05) is 25.8 Å². The predicted octanol–water partition coefficient (Wildman–Crippen LogP) is 3.86. The molecule has 4 rings (SSSR count). The van der Waals surface area contributed by atoms with Gasteiger partial charge >= 0.3 is 0 Å². The van der Waals surface area contributed by atoms with Crippen molar-refractivity contribution in [3.8, 4) is 0 Å². The highest BCUT2D eigenvalue weighted by Gasteiger charge is 2.23. The van der Waals surface area contributed by atoms with Crippen molar-refractivity contribution in [1.29, 1.82) is 0 Å². The summed E-state index contributed by atoms with van der Waals surface area (Å²) in [4.78, 5) is 2.58. The molecule has 0 aromatic heterocycles. The minimum absolute atomic E-state index is 1.11. The lowest BCUT2D eigenvalue weighted by atomic mass is 9.90. The molecular weight excluding hydrogens is 282 g/mol. The van der Waals surface area contributed by atoms with Gasteiger partial charge in [0.1, 0.15) is 0 Å². The van der Waals surface area contributed by atoms with Crippen LogP contribution in [0.2, 0.25) is 0 Å². The fraction of sp³-hybridized carbons (Fsp3) is 0.350. The van der Waals surface area contributed by atoms with Crippen molar-refractivity contribution in [2.75, 3.05) is 30.0 Å². The zero-order chi connectivity index (χ0) is 15.6. The topological polar surface area (TPSA) is 18.8 Å². The highest BCUT2D eigenvalue weighted by Crippen LogP contribution is 2.35. The second kappa shape index (κ2) is 6.07. The fourth-order valence-corrected chi connectivity index (χ4v) is 3.77. The van der Waals surface area contributed by atoms with Crippen LogP contribution in [-0.2, 0) is 12.8 Å². The van der Waals surface area contributed by atoms with Crippen molar-refractivity contribution in [2.24, 2.45) is 5.10 Å². The van der Waals surface area contributed by atoms with Gasteiger partial charge in [-0.2, -0.15) is 5.10 Å². The van der Waals surface area contributed by atoms with E-state index in [9.17, 15) is 0 Å². The molecule has 0 unspecified atom stereocenters. The van der Waals surface area contributed by atoms with Gasteiger partial charge in [-0.05, 0) is 66.6 Å². The van der Waals surface area contributed by atoms with Crippen molar-refractivity contribution in [3.63, 3.8) is 0 Å². The summed E-state index contributed by atoms with van der Waals surface area (Å²) in [6.07, 6.45) is 6.95. The molecule has 0 aliphatic carbocycles. The molecule has 2 heterocycles. The lowest BCUT2D eigenvalue weighted by Gasteiger charge is -2.37. The number of anilines is 2. The maximum Gasteiger partial charge on any atom is 0.0590 e. The number of benzene rings is 2. The van der Waals surface area contributed by atoms with Gasteiger partial charge in [0.2, 0.25) is 0 Å². The fourth-order valence-electron chi connectivity index (χ4n) is 3.77. The minimum atomic E-state index is 1.11. The van der Waals surface area contributed by atoms with Crippen molar-refractivity contribution in [3.05, 3.63) is 59.2 Å². The Labute approximate surface area is 138 Å². The van der Waals surface area contributed by atoms with Crippen LogP contribution in [0.5, 0.6) is 0 Å². The number of hydrogen-bond donors (Lipinski definition) is 0. The third kappa shape index (κ3) is 2.83. The third-order valence-electron chi connectivity index (χ3n) is 4.86. The molecule has 0 spiro atoms. The van der Waals surface area contributed by atoms with E-state index in [0.717, 1.165) is 5.69 Å². The number of hydrogen-bond acceptors (Lipinski definition) is 3. The van der Waals surface area contributed by atoms with E-state index in [4.69, 9.17) is 0 Å². The number of nitrogens with zero attached hydrogens (tertiary/aromatic N) is 3. The van der Waals surface area contributed by atoms with Crippen molar-refractivity contribution in [1.82, 2.24) is 0 Å². The summed E-state index contributed by atoms with van der Waals surface area (Å²) in [5, 5.41) is 6.55. The summed E-state index contributed by atoms with van der Waals surface area (Å²) in [5.41, 5.74) is 6.88. The number of hydrazone groups is 1. The third-order valence-corrected chi connectivity index (χ3v) is 4.86. The molecule has 3 nitrogen and oxygen atoms in total. The van der Waals surface area contributed by atoms with Crippen LogP contribution in [0.4, 0.5) is 11.4 Å². The van der Waals surface area contributed by atoms with Crippen molar-refractivity contribution in [2.45, 2.75) is 25.7 Å². The van der Waals surface area contributed by atoms with Crippen LogP contribution in [0.1, 0.15) is 29.5 Å². The Morgan fingerprint density at radius 1 is 1.00 bits per heavy atom. The first-order valence-corrected chi connectivity index (χ1v) is 8.55. The summed E-state index contributed by atoms with van der Waals surface area (Å²) in [6.45, 7) is 2.45. The summed E-state index contributed by atoms with van der Waals surface area (Å²) >= 11 is 0. The van der Waals surface area contributed by atoms with Crippen LogP contribution in [0.15, 0.2) is 47.6 Å². The SMILES string of the molecule is CN(/N=C/c1cc2c3c(c1)CCCN3CCC2)c1ccccc1. The molecule has 0 saturated heterocycles. The van der Waals surface area contributed by atoms with Crippen LogP contribution in [-0.4, -0.2) is 26.4 Å². The molecular formula is C20H23N3. The average molecular weight is 305 g/mol. The van der Waals surface area contributed by atoms with Gasteiger partial charge in [0.25, 0.3) is 0 Å². The molecule has 2 aromatic carbocycles. The lowest BCUT2D eigenvalue weighted by molar-refractivity contribution is 0.634. The van der Waals surface area contributed by atoms with Crippen LogP contribution < -0.4 is 9.91 Å². The van der Waals surface area contributed by atoms with Crippen LogP contribution in [0, 0.1) is 0 Å². The molecule has 0 bridgehead atoms. The highest BCUT2D eigenvalue weighted by molar-refractivity contribution is 5.83. The number of rotatable bonds is 3. The van der Waals surface area contributed by atoms with Crippen molar-refractivity contribution < 1.29 is 0 Å². The summed E-state index contributed by atoms with van der Waals surface area (Å²) in [6, 6.07) is 14.9. The van der Waals surface area contributed by atoms with E-state index in [-0.39, 0.29) is 0 Å². The molecule has 118 valence electrons. The van der Waals surface area contributed by atoms with Crippen LogP contribution in [0.25, 0.3) is 0 Å². The van der Waals surface area contributed by atoms with E-state index in [0.29, 0.717) is 0 Å². The van der Waals surface area contributed by atoms with E-state index in [1.807, 2.05) is 36.5 Å². The molecule has 2 aliphatic rings. The molecule has 0 atom stereocenters. The Morgan fingerprint density at radius 3 is 2.30 bits per heavy atom. The molecule has 0 N–H and O–H groups in total. The lowest BCUT2D eigenvalue weighted by Crippen LogP contribution is -2.34. The van der Waals surface area contributed by atoms with Crippen molar-refractivity contribution >= 4 is 17.6 Å². The van der Waals surface area contributed by atoms with Gasteiger partial charge in [0.05, 0.1) is 11.9 Å². The van der Waals surface area contributed by atoms with Gasteiger partial charge < -0.3 is 4.90 Å². The second-order valence-electron chi connectivity index (χ2n) is 6.49. The zero-order valence-electron chi connectivity index (χ0n) is 13.7. The van der Waals surface area contributed by atoms with Crippen LogP contribution >= 0.6 is 0 Å². The van der Waals surface area contributed by atoms with Gasteiger partial charge in [-0.3, -0.25) is 5.01 Å². The maximum atomic E-state index is 4.62. The zero-order valence-corrected chi connectivity index (χ0v) is 13.7. The summed E-state index contributed by atoms with van der Waals surface area (Å²) < 4.78 is 0. The van der Waals surface area contributed by atoms with Gasteiger partial charge in [-0.15, -0.1) is 0 Å². The Hall–Kier alpha value is -2.29. The van der Waals surface area contributed by atoms with Gasteiger partial charge in [-0.1, -0.05) is 18.2 Å². The minimum Gasteiger partial charge on any atom is -0.371 e. The van der Waals surface area contributed by atoms with Gasteiger partial charge in [0.15, 0.2) is 0 Å². The van der Waals surface area contributed by atoms with E-state index >= 15 is 0 Å². The Balaban J connectivity index is 1.62. The summed E-state index contributed by atoms with van der Waals surface area (Å²) in [7, 11) is 2.00. The Kier molecular flexibility index (Phi) is 3.78. The first-order valence-electron chi connectivity index (χ1n) is 8.55. The molecule has 2 aromatic rings.